The van der Waals surface area contributed by atoms with Gasteiger partial charge in [0.15, 0.2) is 5.69 Å². The van der Waals surface area contributed by atoms with Crippen LogP contribution in [0.15, 0.2) is 95.2 Å². The van der Waals surface area contributed by atoms with Gasteiger partial charge in [-0.1, -0.05) is 191 Å². The van der Waals surface area contributed by atoms with E-state index in [1.807, 2.05) is 30.3 Å². The van der Waals surface area contributed by atoms with Crippen LogP contribution in [-0.2, 0) is 0 Å². The SMILES string of the molecule is CCCCCCCCCCCCCC[N+](CCCCCCCCCCCCCC)(c1ccccc1)c1ccccc1N=Nc1ccccc1. The summed E-state index contributed by atoms with van der Waals surface area (Å²) in [6.45, 7) is 6.82. The van der Waals surface area contributed by atoms with Gasteiger partial charge in [0.2, 0.25) is 0 Å². The van der Waals surface area contributed by atoms with Crippen LogP contribution in [0.25, 0.3) is 0 Å². The van der Waals surface area contributed by atoms with Crippen LogP contribution in [0.1, 0.15) is 168 Å². The highest BCUT2D eigenvalue weighted by Gasteiger charge is 2.35. The summed E-state index contributed by atoms with van der Waals surface area (Å²) in [6.07, 6.45) is 33.0. The lowest BCUT2D eigenvalue weighted by atomic mass is 10.0. The van der Waals surface area contributed by atoms with Crippen LogP contribution in [-0.4, -0.2) is 13.1 Å². The molecule has 0 bridgehead atoms. The molecule has 0 saturated heterocycles. The van der Waals surface area contributed by atoms with Crippen LogP contribution >= 0.6 is 0 Å². The smallest absolute Gasteiger partial charge is 0.165 e. The van der Waals surface area contributed by atoms with Crippen molar-refractivity contribution in [3.63, 3.8) is 0 Å². The zero-order valence-corrected chi connectivity index (χ0v) is 31.8. The van der Waals surface area contributed by atoms with Gasteiger partial charge in [0, 0.05) is 6.07 Å². The molecule has 270 valence electrons. The molecule has 3 heteroatoms. The first-order valence-electron chi connectivity index (χ1n) is 20.8. The van der Waals surface area contributed by atoms with E-state index in [4.69, 9.17) is 10.2 Å². The van der Waals surface area contributed by atoms with E-state index >= 15 is 0 Å². The molecule has 0 radical (unpaired) electrons. The second-order valence-corrected chi connectivity index (χ2v) is 14.6. The standard InChI is InChI=1S/C46H72N3/c1-3-5-7-9-11-13-15-17-19-21-23-33-41-49(44-37-29-26-30-38-44,42-34-24-22-20-18-16-14-12-10-8-6-4-2)46-40-32-31-39-45(46)48-47-43-35-27-25-28-36-43/h25-32,35-40H,3-24,33-34,41-42H2,1-2H3/q+1. The Hall–Kier alpha value is -2.78. The number of nitrogens with zero attached hydrogens (tertiary/aromatic N) is 3. The minimum absolute atomic E-state index is 0.861. The molecule has 0 aliphatic heterocycles. The predicted octanol–water partition coefficient (Wildman–Crippen LogP) is 16.1. The first-order valence-corrected chi connectivity index (χ1v) is 20.8. The number of hydrogen-bond acceptors (Lipinski definition) is 2. The van der Waals surface area contributed by atoms with Crippen molar-refractivity contribution < 1.29 is 0 Å². The summed E-state index contributed by atoms with van der Waals surface area (Å²) >= 11 is 0. The van der Waals surface area contributed by atoms with Gasteiger partial charge in [-0.05, 0) is 56.0 Å². The van der Waals surface area contributed by atoms with E-state index in [1.54, 1.807) is 0 Å². The fraction of sp³-hybridized carbons (Fsp3) is 0.609. The van der Waals surface area contributed by atoms with Gasteiger partial charge in [-0.3, -0.25) is 4.48 Å². The fourth-order valence-electron chi connectivity index (χ4n) is 7.43. The highest BCUT2D eigenvalue weighted by atomic mass is 15.4. The molecular formula is C46H72N3+. The molecule has 0 unspecified atom stereocenters. The van der Waals surface area contributed by atoms with Crippen molar-refractivity contribution in [1.29, 1.82) is 0 Å². The number of benzene rings is 3. The average molecular weight is 667 g/mol. The molecule has 0 saturated carbocycles. The van der Waals surface area contributed by atoms with Gasteiger partial charge < -0.3 is 0 Å². The van der Waals surface area contributed by atoms with Gasteiger partial charge >= 0.3 is 0 Å². The summed E-state index contributed by atoms with van der Waals surface area (Å²) in [5.41, 5.74) is 4.57. The first-order chi connectivity index (χ1) is 24.3. The lowest BCUT2D eigenvalue weighted by Crippen LogP contribution is -2.46. The van der Waals surface area contributed by atoms with E-state index in [0.717, 1.165) is 28.9 Å². The summed E-state index contributed by atoms with van der Waals surface area (Å²) in [5, 5.41) is 9.59. The number of unbranched alkanes of at least 4 members (excludes halogenated alkanes) is 22. The van der Waals surface area contributed by atoms with Crippen LogP contribution in [0.5, 0.6) is 0 Å². The Morgan fingerprint density at radius 2 is 0.735 bits per heavy atom. The van der Waals surface area contributed by atoms with E-state index in [0.29, 0.717) is 0 Å². The van der Waals surface area contributed by atoms with Crippen LogP contribution in [0, 0.1) is 0 Å². The van der Waals surface area contributed by atoms with Crippen molar-refractivity contribution >= 4 is 22.7 Å². The number of azo groups is 1. The first kappa shape index (κ1) is 40.6. The van der Waals surface area contributed by atoms with Gasteiger partial charge in [0.05, 0.1) is 18.8 Å². The van der Waals surface area contributed by atoms with Gasteiger partial charge in [-0.15, -0.1) is 5.11 Å². The van der Waals surface area contributed by atoms with Gasteiger partial charge in [0.1, 0.15) is 11.4 Å². The average Bonchev–Trinajstić information content (AvgIpc) is 3.15. The molecule has 3 aromatic carbocycles. The molecule has 0 N–H and O–H groups in total. The van der Waals surface area contributed by atoms with E-state index in [9.17, 15) is 0 Å². The Balaban J connectivity index is 1.64. The van der Waals surface area contributed by atoms with Crippen molar-refractivity contribution in [2.75, 3.05) is 13.1 Å². The Kier molecular flexibility index (Phi) is 22.4. The third kappa shape index (κ3) is 16.7. The molecule has 3 aromatic rings. The molecule has 0 atom stereocenters. The topological polar surface area (TPSA) is 24.7 Å². The Morgan fingerprint density at radius 3 is 1.18 bits per heavy atom. The van der Waals surface area contributed by atoms with E-state index < -0.39 is 0 Å². The largest absolute Gasteiger partial charge is 0.257 e. The van der Waals surface area contributed by atoms with Crippen molar-refractivity contribution in [3.05, 3.63) is 84.9 Å². The maximum absolute atomic E-state index is 4.90. The second kappa shape index (κ2) is 27.0. The van der Waals surface area contributed by atoms with Crippen molar-refractivity contribution in [1.82, 2.24) is 4.48 Å². The lowest BCUT2D eigenvalue weighted by molar-refractivity contribution is 0.354. The molecule has 3 rings (SSSR count). The zero-order chi connectivity index (χ0) is 34.5. The van der Waals surface area contributed by atoms with Crippen molar-refractivity contribution in [2.24, 2.45) is 10.2 Å². The summed E-state index contributed by atoms with van der Waals surface area (Å²) in [6, 6.07) is 30.3. The molecule has 49 heavy (non-hydrogen) atoms. The third-order valence-corrected chi connectivity index (χ3v) is 10.4. The molecule has 0 aliphatic carbocycles. The summed E-state index contributed by atoms with van der Waals surface area (Å²) in [4.78, 5) is 0. The molecule has 0 heterocycles. The maximum Gasteiger partial charge on any atom is 0.165 e. The van der Waals surface area contributed by atoms with E-state index in [-0.39, 0.29) is 0 Å². The van der Waals surface area contributed by atoms with E-state index in [1.165, 1.54) is 165 Å². The van der Waals surface area contributed by atoms with Crippen LogP contribution < -0.4 is 4.48 Å². The lowest BCUT2D eigenvalue weighted by Gasteiger charge is -2.38. The molecule has 0 fully saturated rings. The molecule has 0 aromatic heterocycles. The molecular weight excluding hydrogens is 595 g/mol. The minimum atomic E-state index is 0.861. The summed E-state index contributed by atoms with van der Waals surface area (Å²) in [7, 11) is 0. The minimum Gasteiger partial charge on any atom is -0.257 e. The Morgan fingerprint density at radius 1 is 0.367 bits per heavy atom. The molecule has 0 spiro atoms. The quantitative estimate of drug-likeness (QED) is 0.0384. The highest BCUT2D eigenvalue weighted by molar-refractivity contribution is 5.70. The second-order valence-electron chi connectivity index (χ2n) is 14.6. The third-order valence-electron chi connectivity index (χ3n) is 10.4. The fourth-order valence-corrected chi connectivity index (χ4v) is 7.43. The number of para-hydroxylation sites is 2. The molecule has 0 aliphatic rings. The zero-order valence-electron chi connectivity index (χ0n) is 31.8. The summed E-state index contributed by atoms with van der Waals surface area (Å²) in [5.74, 6) is 0. The van der Waals surface area contributed by atoms with Crippen LogP contribution in [0.4, 0.5) is 22.7 Å². The maximum atomic E-state index is 4.90. The van der Waals surface area contributed by atoms with Gasteiger partial charge in [0.25, 0.3) is 0 Å². The van der Waals surface area contributed by atoms with E-state index in [2.05, 4.69) is 68.4 Å². The van der Waals surface area contributed by atoms with Crippen LogP contribution in [0.2, 0.25) is 0 Å². The predicted molar refractivity (Wildman–Crippen MR) is 217 cm³/mol. The number of hydrogen-bond donors (Lipinski definition) is 0. The summed E-state index contributed by atoms with van der Waals surface area (Å²) < 4.78 is 0.861. The normalized spacial score (nSPS) is 11.9. The van der Waals surface area contributed by atoms with Crippen molar-refractivity contribution in [3.8, 4) is 0 Å². The van der Waals surface area contributed by atoms with Gasteiger partial charge in [-0.2, -0.15) is 5.11 Å². The highest BCUT2D eigenvalue weighted by Crippen LogP contribution is 2.42. The Labute approximate surface area is 302 Å². The molecule has 3 nitrogen and oxygen atoms in total. The Bertz CT molecular complexity index is 1180. The van der Waals surface area contributed by atoms with Gasteiger partial charge in [-0.25, -0.2) is 0 Å². The number of quaternary nitrogens is 1. The monoisotopic (exact) mass is 667 g/mol. The molecule has 0 amide bonds. The number of rotatable bonds is 30. The van der Waals surface area contributed by atoms with Crippen LogP contribution in [0.3, 0.4) is 0 Å². The van der Waals surface area contributed by atoms with Crippen molar-refractivity contribution in [2.45, 2.75) is 168 Å².